The van der Waals surface area contributed by atoms with Crippen LogP contribution in [0.2, 0.25) is 0 Å². The number of esters is 1. The number of carbonyl (C=O) groups is 1. The van der Waals surface area contributed by atoms with Crippen LogP contribution in [-0.4, -0.2) is 13.1 Å². The third kappa shape index (κ3) is 2.94. The van der Waals surface area contributed by atoms with Crippen molar-refractivity contribution in [1.29, 1.82) is 0 Å². The van der Waals surface area contributed by atoms with Crippen LogP contribution in [0.5, 0.6) is 0 Å². The summed E-state index contributed by atoms with van der Waals surface area (Å²) in [5, 5.41) is 0. The van der Waals surface area contributed by atoms with E-state index in [1.807, 2.05) is 54.6 Å². The quantitative estimate of drug-likeness (QED) is 0.737. The second-order valence-electron chi connectivity index (χ2n) is 5.14. The number of benzene rings is 2. The molecule has 23 heavy (non-hydrogen) atoms. The second kappa shape index (κ2) is 6.42. The Morgan fingerprint density at radius 2 is 1.78 bits per heavy atom. The van der Waals surface area contributed by atoms with Crippen molar-refractivity contribution < 1.29 is 14.3 Å². The minimum atomic E-state index is -0.439. The summed E-state index contributed by atoms with van der Waals surface area (Å²) in [5.41, 5.74) is 2.77. The molecule has 3 rings (SSSR count). The molecule has 1 heterocycles. The highest BCUT2D eigenvalue weighted by atomic mass is 79.9. The lowest BCUT2D eigenvalue weighted by Crippen LogP contribution is -2.07. The molecule has 3 nitrogen and oxygen atoms in total. The zero-order valence-corrected chi connectivity index (χ0v) is 14.2. The fourth-order valence-corrected chi connectivity index (χ4v) is 2.83. The third-order valence-corrected chi connectivity index (χ3v) is 4.23. The number of hydrogen-bond acceptors (Lipinski definition) is 3. The highest BCUT2D eigenvalue weighted by Gasteiger charge is 2.36. The van der Waals surface area contributed by atoms with Crippen molar-refractivity contribution in [2.24, 2.45) is 0 Å². The van der Waals surface area contributed by atoms with Crippen LogP contribution in [-0.2, 0) is 14.3 Å². The molecule has 0 fully saturated rings. The highest BCUT2D eigenvalue weighted by Crippen LogP contribution is 2.44. The molecule has 4 heteroatoms. The van der Waals surface area contributed by atoms with E-state index in [0.717, 1.165) is 15.6 Å². The van der Waals surface area contributed by atoms with Crippen molar-refractivity contribution in [1.82, 2.24) is 0 Å². The zero-order valence-electron chi connectivity index (χ0n) is 12.6. The molecule has 0 bridgehead atoms. The predicted molar refractivity (Wildman–Crippen MR) is 92.5 cm³/mol. The van der Waals surface area contributed by atoms with Gasteiger partial charge in [0.05, 0.1) is 7.11 Å². The van der Waals surface area contributed by atoms with Crippen LogP contribution in [0.1, 0.15) is 17.2 Å². The normalized spacial score (nSPS) is 17.1. The summed E-state index contributed by atoms with van der Waals surface area (Å²) >= 11 is 3.41. The summed E-state index contributed by atoms with van der Waals surface area (Å²) in [7, 11) is 1.36. The number of rotatable bonds is 3. The molecule has 0 aliphatic carbocycles. The molecule has 1 atom stereocenters. The fourth-order valence-electron chi connectivity index (χ4n) is 2.56. The molecule has 0 N–H and O–H groups in total. The standard InChI is InChI=1S/C19H15BrO3/c1-12-16(19(21)22-2)18(14-8-10-15(20)11-9-14)23-17(12)13-6-4-3-5-7-13/h3-11,17H,1H2,2H3/t17-/m0/s1. The Balaban J connectivity index is 2.06. The van der Waals surface area contributed by atoms with E-state index in [9.17, 15) is 4.79 Å². The van der Waals surface area contributed by atoms with Crippen LogP contribution in [0, 0.1) is 0 Å². The molecule has 0 spiro atoms. The van der Waals surface area contributed by atoms with E-state index in [0.29, 0.717) is 16.9 Å². The summed E-state index contributed by atoms with van der Waals surface area (Å²) in [6.07, 6.45) is -0.385. The van der Waals surface area contributed by atoms with Gasteiger partial charge < -0.3 is 9.47 Å². The Kier molecular flexibility index (Phi) is 4.35. The second-order valence-corrected chi connectivity index (χ2v) is 6.05. The van der Waals surface area contributed by atoms with Crippen LogP contribution in [0.3, 0.4) is 0 Å². The minimum absolute atomic E-state index is 0.385. The van der Waals surface area contributed by atoms with E-state index in [-0.39, 0.29) is 6.10 Å². The summed E-state index contributed by atoms with van der Waals surface area (Å²) in [6.45, 7) is 4.06. The van der Waals surface area contributed by atoms with Crippen molar-refractivity contribution in [3.05, 3.63) is 87.9 Å². The molecule has 0 unspecified atom stereocenters. The van der Waals surface area contributed by atoms with Gasteiger partial charge in [0.25, 0.3) is 0 Å². The Morgan fingerprint density at radius 3 is 2.39 bits per heavy atom. The highest BCUT2D eigenvalue weighted by molar-refractivity contribution is 9.10. The third-order valence-electron chi connectivity index (χ3n) is 3.70. The number of hydrogen-bond donors (Lipinski definition) is 0. The van der Waals surface area contributed by atoms with Gasteiger partial charge >= 0.3 is 5.97 Å². The molecule has 0 amide bonds. The van der Waals surface area contributed by atoms with Crippen molar-refractivity contribution >= 4 is 27.7 Å². The van der Waals surface area contributed by atoms with Crippen molar-refractivity contribution in [2.75, 3.05) is 7.11 Å². The largest absolute Gasteiger partial charge is 0.479 e. The molecule has 0 aromatic heterocycles. The van der Waals surface area contributed by atoms with Crippen LogP contribution in [0.25, 0.3) is 5.76 Å². The first kappa shape index (κ1) is 15.6. The number of methoxy groups -OCH3 is 1. The summed E-state index contributed by atoms with van der Waals surface area (Å²) < 4.78 is 12.0. The van der Waals surface area contributed by atoms with E-state index < -0.39 is 5.97 Å². The monoisotopic (exact) mass is 370 g/mol. The average Bonchev–Trinajstić information content (AvgIpc) is 2.93. The van der Waals surface area contributed by atoms with Gasteiger partial charge in [-0.3, -0.25) is 0 Å². The Labute approximate surface area is 143 Å². The lowest BCUT2D eigenvalue weighted by molar-refractivity contribution is -0.135. The van der Waals surface area contributed by atoms with Gasteiger partial charge in [0.15, 0.2) is 0 Å². The molecule has 0 saturated carbocycles. The van der Waals surface area contributed by atoms with E-state index in [1.54, 1.807) is 0 Å². The molecule has 116 valence electrons. The van der Waals surface area contributed by atoms with Crippen molar-refractivity contribution in [3.63, 3.8) is 0 Å². The molecule has 1 aliphatic rings. The lowest BCUT2D eigenvalue weighted by atomic mass is 9.97. The van der Waals surface area contributed by atoms with Crippen molar-refractivity contribution in [2.45, 2.75) is 6.10 Å². The van der Waals surface area contributed by atoms with Gasteiger partial charge in [0.2, 0.25) is 0 Å². The maximum Gasteiger partial charge on any atom is 0.342 e. The van der Waals surface area contributed by atoms with Crippen LogP contribution < -0.4 is 0 Å². The van der Waals surface area contributed by atoms with Crippen LogP contribution in [0.15, 0.2) is 76.8 Å². The molecule has 1 aliphatic heterocycles. The van der Waals surface area contributed by atoms with E-state index >= 15 is 0 Å². The first-order chi connectivity index (χ1) is 11.1. The SMILES string of the molecule is C=C1C(C(=O)OC)=C(c2ccc(Br)cc2)O[C@@H]1c1ccccc1. The van der Waals surface area contributed by atoms with Gasteiger partial charge in [-0.05, 0) is 17.7 Å². The molecular formula is C19H15BrO3. The average molecular weight is 371 g/mol. The van der Waals surface area contributed by atoms with Gasteiger partial charge in [-0.1, -0.05) is 65.0 Å². The Bertz CT molecular complexity index is 776. The van der Waals surface area contributed by atoms with Gasteiger partial charge in [0, 0.05) is 15.6 Å². The van der Waals surface area contributed by atoms with Gasteiger partial charge in [-0.15, -0.1) is 0 Å². The number of carbonyl (C=O) groups excluding carboxylic acids is 1. The smallest absolute Gasteiger partial charge is 0.342 e. The topological polar surface area (TPSA) is 35.5 Å². The minimum Gasteiger partial charge on any atom is -0.479 e. The summed E-state index contributed by atoms with van der Waals surface area (Å²) in [6, 6.07) is 17.3. The van der Waals surface area contributed by atoms with Crippen LogP contribution in [0.4, 0.5) is 0 Å². The summed E-state index contributed by atoms with van der Waals surface area (Å²) in [5.74, 6) is 0.0644. The molecule has 2 aromatic carbocycles. The number of ether oxygens (including phenoxy) is 2. The Hall–Kier alpha value is -2.33. The molecule has 0 radical (unpaired) electrons. The fraction of sp³-hybridized carbons (Fsp3) is 0.105. The van der Waals surface area contributed by atoms with E-state index in [1.165, 1.54) is 7.11 Å². The van der Waals surface area contributed by atoms with Gasteiger partial charge in [-0.25, -0.2) is 4.79 Å². The Morgan fingerprint density at radius 1 is 1.13 bits per heavy atom. The lowest BCUT2D eigenvalue weighted by Gasteiger charge is -2.14. The number of halogens is 1. The van der Waals surface area contributed by atoms with Crippen LogP contribution >= 0.6 is 15.9 Å². The predicted octanol–water partition coefficient (Wildman–Crippen LogP) is 4.66. The maximum atomic E-state index is 12.2. The first-order valence-corrected chi connectivity index (χ1v) is 7.90. The van der Waals surface area contributed by atoms with Gasteiger partial charge in [-0.2, -0.15) is 0 Å². The molecule has 2 aromatic rings. The van der Waals surface area contributed by atoms with E-state index in [2.05, 4.69) is 22.5 Å². The van der Waals surface area contributed by atoms with E-state index in [4.69, 9.17) is 9.47 Å². The van der Waals surface area contributed by atoms with Crippen molar-refractivity contribution in [3.8, 4) is 0 Å². The zero-order chi connectivity index (χ0) is 16.4. The first-order valence-electron chi connectivity index (χ1n) is 7.11. The molecular weight excluding hydrogens is 356 g/mol. The maximum absolute atomic E-state index is 12.2. The summed E-state index contributed by atoms with van der Waals surface area (Å²) in [4.78, 5) is 12.2. The molecule has 0 saturated heterocycles. The van der Waals surface area contributed by atoms with Gasteiger partial charge in [0.1, 0.15) is 17.4 Å².